The van der Waals surface area contributed by atoms with Crippen LogP contribution in [0, 0.1) is 0 Å². The zero-order chi connectivity index (χ0) is 10.6. The second-order valence-electron chi connectivity index (χ2n) is 3.23. The molecule has 0 saturated carbocycles. The third kappa shape index (κ3) is 2.39. The lowest BCUT2D eigenvalue weighted by Gasteiger charge is -2.14. The van der Waals surface area contributed by atoms with Crippen molar-refractivity contribution in [2.24, 2.45) is 0 Å². The molecule has 0 aromatic carbocycles. The van der Waals surface area contributed by atoms with Crippen LogP contribution < -0.4 is 16.8 Å². The maximum Gasteiger partial charge on any atom is 0.151 e. The molecular weight excluding hydrogens is 176 g/mol. The number of nitrogens with zero attached hydrogens (tertiary/aromatic N) is 1. The first-order valence-electron chi connectivity index (χ1n) is 4.52. The molecule has 4 heteroatoms. The summed E-state index contributed by atoms with van der Waals surface area (Å²) in [6.45, 7) is 5.70. The summed E-state index contributed by atoms with van der Waals surface area (Å²) < 4.78 is 0. The zero-order valence-corrected chi connectivity index (χ0v) is 8.33. The highest BCUT2D eigenvalue weighted by atomic mass is 15.0. The van der Waals surface area contributed by atoms with E-state index in [-0.39, 0.29) is 6.04 Å². The van der Waals surface area contributed by atoms with Gasteiger partial charge in [0.15, 0.2) is 5.82 Å². The van der Waals surface area contributed by atoms with E-state index in [0.29, 0.717) is 17.2 Å². The zero-order valence-electron chi connectivity index (χ0n) is 8.33. The molecule has 1 aromatic rings. The number of pyridine rings is 1. The number of nitrogens with two attached hydrogens (primary N) is 2. The molecule has 0 spiro atoms. The Balaban J connectivity index is 2.76. The Bertz CT molecular complexity index is 322. The van der Waals surface area contributed by atoms with Gasteiger partial charge in [-0.25, -0.2) is 4.98 Å². The monoisotopic (exact) mass is 192 g/mol. The van der Waals surface area contributed by atoms with E-state index >= 15 is 0 Å². The first-order chi connectivity index (χ1) is 6.65. The minimum atomic E-state index is 0.254. The van der Waals surface area contributed by atoms with Gasteiger partial charge in [0.25, 0.3) is 0 Å². The molecule has 0 aliphatic heterocycles. The van der Waals surface area contributed by atoms with Gasteiger partial charge in [-0.15, -0.1) is 6.58 Å². The van der Waals surface area contributed by atoms with Gasteiger partial charge in [0.1, 0.15) is 0 Å². The molecule has 0 aliphatic rings. The van der Waals surface area contributed by atoms with Gasteiger partial charge >= 0.3 is 0 Å². The van der Waals surface area contributed by atoms with Crippen molar-refractivity contribution in [2.45, 2.75) is 19.4 Å². The van der Waals surface area contributed by atoms with E-state index in [1.165, 1.54) is 0 Å². The molecule has 1 aromatic heterocycles. The van der Waals surface area contributed by atoms with Crippen LogP contribution in [0.2, 0.25) is 0 Å². The van der Waals surface area contributed by atoms with Crippen molar-refractivity contribution in [1.82, 2.24) is 4.98 Å². The second kappa shape index (κ2) is 4.50. The topological polar surface area (TPSA) is 77.0 Å². The van der Waals surface area contributed by atoms with Gasteiger partial charge in [0, 0.05) is 12.2 Å². The molecule has 4 nitrogen and oxygen atoms in total. The van der Waals surface area contributed by atoms with Crippen molar-refractivity contribution in [2.75, 3.05) is 16.8 Å². The molecule has 0 radical (unpaired) electrons. The van der Waals surface area contributed by atoms with Crippen LogP contribution in [0.3, 0.4) is 0 Å². The number of nitrogens with one attached hydrogen (secondary N) is 1. The van der Waals surface area contributed by atoms with Gasteiger partial charge in [0.2, 0.25) is 0 Å². The van der Waals surface area contributed by atoms with E-state index in [1.54, 1.807) is 12.3 Å². The van der Waals surface area contributed by atoms with Crippen molar-refractivity contribution in [1.29, 1.82) is 0 Å². The third-order valence-electron chi connectivity index (χ3n) is 1.93. The molecule has 14 heavy (non-hydrogen) atoms. The molecule has 5 N–H and O–H groups in total. The summed E-state index contributed by atoms with van der Waals surface area (Å²) in [5, 5.41) is 3.16. The van der Waals surface area contributed by atoms with Crippen LogP contribution in [-0.2, 0) is 0 Å². The fraction of sp³-hybridized carbons (Fsp3) is 0.300. The molecule has 0 amide bonds. The van der Waals surface area contributed by atoms with E-state index in [9.17, 15) is 0 Å². The summed E-state index contributed by atoms with van der Waals surface area (Å²) in [5.41, 5.74) is 12.4. The molecule has 0 aliphatic carbocycles. The fourth-order valence-electron chi connectivity index (χ4n) is 1.15. The first kappa shape index (κ1) is 10.4. The van der Waals surface area contributed by atoms with E-state index in [0.717, 1.165) is 6.42 Å². The van der Waals surface area contributed by atoms with Crippen LogP contribution in [0.15, 0.2) is 24.9 Å². The number of hydrogen-bond acceptors (Lipinski definition) is 4. The Hall–Kier alpha value is -1.71. The number of aromatic nitrogens is 1. The summed E-state index contributed by atoms with van der Waals surface area (Å²) in [5.74, 6) is 0.638. The minimum absolute atomic E-state index is 0.254. The predicted molar refractivity (Wildman–Crippen MR) is 61.0 cm³/mol. The second-order valence-corrected chi connectivity index (χ2v) is 3.23. The summed E-state index contributed by atoms with van der Waals surface area (Å²) in [6, 6.07) is 1.93. The van der Waals surface area contributed by atoms with E-state index in [4.69, 9.17) is 11.5 Å². The minimum Gasteiger partial charge on any atom is -0.397 e. The van der Waals surface area contributed by atoms with Crippen molar-refractivity contribution in [3.8, 4) is 0 Å². The van der Waals surface area contributed by atoms with Crippen LogP contribution in [-0.4, -0.2) is 11.0 Å². The Morgan fingerprint density at radius 3 is 3.00 bits per heavy atom. The predicted octanol–water partition coefficient (Wildman–Crippen LogP) is 1.62. The Morgan fingerprint density at radius 1 is 1.64 bits per heavy atom. The number of rotatable bonds is 4. The third-order valence-corrected chi connectivity index (χ3v) is 1.93. The average Bonchev–Trinajstić information content (AvgIpc) is 2.13. The Labute approximate surface area is 84.0 Å². The normalized spacial score (nSPS) is 12.1. The molecule has 1 rings (SSSR count). The van der Waals surface area contributed by atoms with Gasteiger partial charge in [-0.3, -0.25) is 0 Å². The summed E-state index contributed by atoms with van der Waals surface area (Å²) in [7, 11) is 0. The maximum atomic E-state index is 5.75. The molecule has 1 atom stereocenters. The van der Waals surface area contributed by atoms with E-state index < -0.39 is 0 Å². The number of anilines is 3. The average molecular weight is 192 g/mol. The van der Waals surface area contributed by atoms with Gasteiger partial charge in [-0.05, 0) is 19.4 Å². The lowest BCUT2D eigenvalue weighted by molar-refractivity contribution is 0.808. The van der Waals surface area contributed by atoms with Crippen LogP contribution >= 0.6 is 0 Å². The smallest absolute Gasteiger partial charge is 0.151 e. The number of nitrogen functional groups attached to an aromatic ring is 2. The highest BCUT2D eigenvalue weighted by molar-refractivity contribution is 5.75. The molecular formula is C10H16N4. The maximum absolute atomic E-state index is 5.75. The van der Waals surface area contributed by atoms with Gasteiger partial charge in [-0.1, -0.05) is 6.08 Å². The fourth-order valence-corrected chi connectivity index (χ4v) is 1.15. The molecule has 0 bridgehead atoms. The Kier molecular flexibility index (Phi) is 3.34. The van der Waals surface area contributed by atoms with Crippen LogP contribution in [0.1, 0.15) is 13.3 Å². The van der Waals surface area contributed by atoms with Crippen LogP contribution in [0.4, 0.5) is 17.2 Å². The van der Waals surface area contributed by atoms with Crippen molar-refractivity contribution in [3.05, 3.63) is 24.9 Å². The summed E-state index contributed by atoms with van der Waals surface area (Å²) in [6.07, 6.45) is 4.34. The van der Waals surface area contributed by atoms with Crippen LogP contribution in [0.25, 0.3) is 0 Å². The quantitative estimate of drug-likeness (QED) is 0.633. The largest absolute Gasteiger partial charge is 0.397 e. The summed E-state index contributed by atoms with van der Waals surface area (Å²) in [4.78, 5) is 4.11. The van der Waals surface area contributed by atoms with Gasteiger partial charge in [0.05, 0.1) is 11.4 Å². The SMILES string of the molecule is C=CCC(C)Nc1nccc(N)c1N. The lowest BCUT2D eigenvalue weighted by Crippen LogP contribution is -2.16. The lowest BCUT2D eigenvalue weighted by atomic mass is 10.2. The molecule has 1 heterocycles. The molecule has 76 valence electrons. The van der Waals surface area contributed by atoms with Gasteiger partial charge < -0.3 is 16.8 Å². The van der Waals surface area contributed by atoms with Gasteiger partial charge in [-0.2, -0.15) is 0 Å². The summed E-state index contributed by atoms with van der Waals surface area (Å²) >= 11 is 0. The van der Waals surface area contributed by atoms with E-state index in [1.807, 2.05) is 13.0 Å². The molecule has 0 fully saturated rings. The highest BCUT2D eigenvalue weighted by Crippen LogP contribution is 2.22. The van der Waals surface area contributed by atoms with E-state index in [2.05, 4.69) is 16.9 Å². The Morgan fingerprint density at radius 2 is 2.36 bits per heavy atom. The van der Waals surface area contributed by atoms with Crippen LogP contribution in [0.5, 0.6) is 0 Å². The standard InChI is InChI=1S/C10H16N4/c1-3-4-7(2)14-10-9(12)8(11)5-6-13-10/h3,5-7H,1,4,12H2,2H3,(H3,11,13,14). The number of hydrogen-bond donors (Lipinski definition) is 3. The highest BCUT2D eigenvalue weighted by Gasteiger charge is 2.06. The molecule has 1 unspecified atom stereocenters. The first-order valence-corrected chi connectivity index (χ1v) is 4.52. The van der Waals surface area contributed by atoms with Crippen molar-refractivity contribution >= 4 is 17.2 Å². The van der Waals surface area contributed by atoms with Crippen molar-refractivity contribution < 1.29 is 0 Å². The van der Waals surface area contributed by atoms with Crippen molar-refractivity contribution in [3.63, 3.8) is 0 Å². The molecule has 0 saturated heterocycles.